The van der Waals surface area contributed by atoms with Crippen LogP contribution in [0.3, 0.4) is 0 Å². The lowest BCUT2D eigenvalue weighted by atomic mass is 9.86. The lowest BCUT2D eigenvalue weighted by Crippen LogP contribution is -2.44. The highest BCUT2D eigenvalue weighted by Gasteiger charge is 2.43. The molecule has 3 atom stereocenters. The molecule has 2 saturated heterocycles. The molecule has 0 spiro atoms. The molecule has 0 N–H and O–H groups in total. The Kier molecular flexibility index (Phi) is 7.60. The summed E-state index contributed by atoms with van der Waals surface area (Å²) in [6.07, 6.45) is 4.66. The van der Waals surface area contributed by atoms with Gasteiger partial charge < -0.3 is 14.5 Å². The molecule has 3 aliphatic rings. The number of carbonyl (C=O) groups is 2. The highest BCUT2D eigenvalue weighted by atomic mass is 35.5. The predicted octanol–water partition coefficient (Wildman–Crippen LogP) is 4.92. The van der Waals surface area contributed by atoms with Gasteiger partial charge in [-0.3, -0.25) is 9.59 Å². The van der Waals surface area contributed by atoms with Gasteiger partial charge in [-0.15, -0.1) is 0 Å². The molecule has 0 radical (unpaired) electrons. The topological polar surface area (TPSA) is 86.5 Å². The van der Waals surface area contributed by atoms with E-state index in [9.17, 15) is 9.59 Å². The first-order chi connectivity index (χ1) is 17.8. The molecule has 1 unspecified atom stereocenters. The fourth-order valence-corrected chi connectivity index (χ4v) is 5.87. The molecule has 37 heavy (non-hydrogen) atoms. The minimum absolute atomic E-state index is 0.00942. The van der Waals surface area contributed by atoms with Gasteiger partial charge in [-0.2, -0.15) is 5.26 Å². The summed E-state index contributed by atoms with van der Waals surface area (Å²) in [5.41, 5.74) is 1.49. The molecule has 2 amide bonds. The van der Waals surface area contributed by atoms with Crippen LogP contribution in [0.1, 0.15) is 49.7 Å². The zero-order valence-corrected chi connectivity index (χ0v) is 22.3. The van der Waals surface area contributed by atoms with Crippen molar-refractivity contribution in [3.63, 3.8) is 0 Å². The molecule has 0 bridgehead atoms. The quantitative estimate of drug-likeness (QED) is 0.519. The van der Waals surface area contributed by atoms with Crippen molar-refractivity contribution in [2.75, 3.05) is 26.2 Å². The molecule has 1 aromatic heterocycles. The van der Waals surface area contributed by atoms with Crippen LogP contribution in [0.2, 0.25) is 10.0 Å². The standard InChI is InChI=1S/C28H30Cl2N4O3/c1-17(37-26-7-2-18(13-31)14-32-26)22-15-34(16-23(22)21-5-6-24(29)25(30)12-21)28(36)20-8-10-33(11-9-20)27(35)19-3-4-19/h2,5-7,12,14,17,19-20,22-23H,3-4,8-11,15-16H2,1H3/t17-,22?,23+/m0/s1. The van der Waals surface area contributed by atoms with Crippen LogP contribution in [0.4, 0.5) is 0 Å². The van der Waals surface area contributed by atoms with Crippen LogP contribution in [-0.4, -0.2) is 58.9 Å². The number of likely N-dealkylation sites (tertiary alicyclic amines) is 2. The number of benzene rings is 1. The number of nitriles is 1. The second-order valence-electron chi connectivity index (χ2n) is 10.4. The summed E-state index contributed by atoms with van der Waals surface area (Å²) >= 11 is 12.5. The maximum atomic E-state index is 13.6. The molecule has 1 aromatic carbocycles. The zero-order valence-electron chi connectivity index (χ0n) is 20.8. The Balaban J connectivity index is 1.30. The Hall–Kier alpha value is -2.82. The third-order valence-corrected chi connectivity index (χ3v) is 8.65. The van der Waals surface area contributed by atoms with Crippen molar-refractivity contribution in [1.82, 2.24) is 14.8 Å². The number of piperidine rings is 1. The van der Waals surface area contributed by atoms with Gasteiger partial charge >= 0.3 is 0 Å². The number of pyridine rings is 1. The summed E-state index contributed by atoms with van der Waals surface area (Å²) in [6.45, 7) is 4.43. The molecule has 9 heteroatoms. The summed E-state index contributed by atoms with van der Waals surface area (Å²) in [4.78, 5) is 34.2. The van der Waals surface area contributed by atoms with Crippen LogP contribution < -0.4 is 4.74 Å². The van der Waals surface area contributed by atoms with Crippen LogP contribution in [0.25, 0.3) is 0 Å². The molecule has 2 aromatic rings. The molecule has 3 fully saturated rings. The number of nitrogens with zero attached hydrogens (tertiary/aromatic N) is 4. The van der Waals surface area contributed by atoms with Gasteiger partial charge in [-0.05, 0) is 56.4 Å². The van der Waals surface area contributed by atoms with E-state index in [0.717, 1.165) is 18.4 Å². The summed E-state index contributed by atoms with van der Waals surface area (Å²) in [5.74, 6) is 1.01. The van der Waals surface area contributed by atoms with E-state index in [2.05, 4.69) is 11.1 Å². The Morgan fingerprint density at radius 3 is 2.32 bits per heavy atom. The monoisotopic (exact) mass is 540 g/mol. The summed E-state index contributed by atoms with van der Waals surface area (Å²) in [7, 11) is 0. The first-order valence-electron chi connectivity index (χ1n) is 12.9. The molecule has 1 saturated carbocycles. The van der Waals surface area contributed by atoms with E-state index in [1.54, 1.807) is 18.2 Å². The van der Waals surface area contributed by atoms with E-state index >= 15 is 0 Å². The van der Waals surface area contributed by atoms with E-state index in [0.29, 0.717) is 60.5 Å². The Morgan fingerprint density at radius 1 is 1.00 bits per heavy atom. The first kappa shape index (κ1) is 25.8. The fourth-order valence-electron chi connectivity index (χ4n) is 5.57. The number of carbonyl (C=O) groups excluding carboxylic acids is 2. The molecule has 7 nitrogen and oxygen atoms in total. The van der Waals surface area contributed by atoms with E-state index < -0.39 is 0 Å². The number of halogens is 2. The lowest BCUT2D eigenvalue weighted by molar-refractivity contribution is -0.140. The van der Waals surface area contributed by atoms with E-state index in [1.807, 2.05) is 28.9 Å². The third kappa shape index (κ3) is 5.71. The largest absolute Gasteiger partial charge is 0.474 e. The molecular formula is C28H30Cl2N4O3. The van der Waals surface area contributed by atoms with Gasteiger partial charge in [0.2, 0.25) is 17.7 Å². The van der Waals surface area contributed by atoms with Gasteiger partial charge in [0, 0.05) is 62.1 Å². The second kappa shape index (κ2) is 10.9. The molecule has 1 aliphatic carbocycles. The average molecular weight is 541 g/mol. The SMILES string of the molecule is C[C@H](Oc1ccc(C#N)cn1)C1CN(C(=O)C2CCN(C(=O)C3CC3)CC2)C[C@@H]1c1ccc(Cl)c(Cl)c1. The Bertz CT molecular complexity index is 1200. The Morgan fingerprint density at radius 2 is 1.70 bits per heavy atom. The highest BCUT2D eigenvalue weighted by molar-refractivity contribution is 6.42. The normalized spacial score (nSPS) is 23.0. The summed E-state index contributed by atoms with van der Waals surface area (Å²) < 4.78 is 6.18. The van der Waals surface area contributed by atoms with Gasteiger partial charge in [0.15, 0.2) is 0 Å². The van der Waals surface area contributed by atoms with Crippen molar-refractivity contribution < 1.29 is 14.3 Å². The number of aromatic nitrogens is 1. The van der Waals surface area contributed by atoms with Crippen molar-refractivity contribution in [1.29, 1.82) is 5.26 Å². The van der Waals surface area contributed by atoms with Crippen LogP contribution in [-0.2, 0) is 9.59 Å². The smallest absolute Gasteiger partial charge is 0.225 e. The van der Waals surface area contributed by atoms with Gasteiger partial charge in [0.05, 0.1) is 15.6 Å². The highest BCUT2D eigenvalue weighted by Crippen LogP contribution is 2.39. The van der Waals surface area contributed by atoms with Crippen molar-refractivity contribution in [2.45, 2.75) is 44.6 Å². The maximum Gasteiger partial charge on any atom is 0.225 e. The minimum atomic E-state index is -0.240. The van der Waals surface area contributed by atoms with Crippen molar-refractivity contribution in [2.24, 2.45) is 17.8 Å². The van der Waals surface area contributed by atoms with Crippen LogP contribution in [0, 0.1) is 29.1 Å². The number of hydrogen-bond donors (Lipinski definition) is 0. The summed E-state index contributed by atoms with van der Waals surface area (Å²) in [5, 5.41) is 10.0. The first-order valence-corrected chi connectivity index (χ1v) is 13.6. The fraction of sp³-hybridized carbons (Fsp3) is 0.500. The minimum Gasteiger partial charge on any atom is -0.474 e. The number of ether oxygens (including phenoxy) is 1. The Labute approximate surface area is 227 Å². The maximum absolute atomic E-state index is 13.6. The van der Waals surface area contributed by atoms with Gasteiger partial charge in [0.1, 0.15) is 12.2 Å². The van der Waals surface area contributed by atoms with Crippen molar-refractivity contribution >= 4 is 35.0 Å². The zero-order chi connectivity index (χ0) is 26.1. The number of rotatable bonds is 6. The number of hydrogen-bond acceptors (Lipinski definition) is 5. The molecule has 5 rings (SSSR count). The molecular weight excluding hydrogens is 511 g/mol. The summed E-state index contributed by atoms with van der Waals surface area (Å²) in [6, 6.07) is 11.1. The van der Waals surface area contributed by atoms with E-state index in [1.165, 1.54) is 6.20 Å². The van der Waals surface area contributed by atoms with E-state index in [-0.39, 0.29) is 41.6 Å². The molecule has 3 heterocycles. The van der Waals surface area contributed by atoms with Gasteiger partial charge in [-0.1, -0.05) is 29.3 Å². The molecule has 194 valence electrons. The predicted molar refractivity (Wildman–Crippen MR) is 140 cm³/mol. The van der Waals surface area contributed by atoms with Crippen LogP contribution in [0.15, 0.2) is 36.5 Å². The van der Waals surface area contributed by atoms with E-state index in [4.69, 9.17) is 33.2 Å². The third-order valence-electron chi connectivity index (χ3n) is 7.91. The average Bonchev–Trinajstić information content (AvgIpc) is 3.67. The second-order valence-corrected chi connectivity index (χ2v) is 11.2. The number of amides is 2. The van der Waals surface area contributed by atoms with Crippen molar-refractivity contribution in [3.8, 4) is 11.9 Å². The molecule has 2 aliphatic heterocycles. The van der Waals surface area contributed by atoms with Gasteiger partial charge in [-0.25, -0.2) is 4.98 Å². The van der Waals surface area contributed by atoms with Crippen LogP contribution >= 0.6 is 23.2 Å². The van der Waals surface area contributed by atoms with Crippen LogP contribution in [0.5, 0.6) is 5.88 Å². The van der Waals surface area contributed by atoms with Crippen molar-refractivity contribution in [3.05, 3.63) is 57.7 Å². The van der Waals surface area contributed by atoms with Gasteiger partial charge in [0.25, 0.3) is 0 Å². The lowest BCUT2D eigenvalue weighted by Gasteiger charge is -2.33.